The van der Waals surface area contributed by atoms with Crippen molar-refractivity contribution in [1.82, 2.24) is 0 Å². The van der Waals surface area contributed by atoms with E-state index < -0.39 is 33.8 Å². The van der Waals surface area contributed by atoms with Crippen molar-refractivity contribution < 1.29 is 21.8 Å². The van der Waals surface area contributed by atoms with Gasteiger partial charge in [0.25, 0.3) is 0 Å². The van der Waals surface area contributed by atoms with E-state index >= 15 is 0 Å². The number of ether oxygens (including phenoxy) is 2. The number of hydrogen-bond donors (Lipinski definition) is 0. The summed E-state index contributed by atoms with van der Waals surface area (Å²) in [6.45, 7) is 26.9. The monoisotopic (exact) mass is 530 g/mol. The standard InChI is InChI=1S/C24H50O5Si4/c1-13-21(2)23-15-17-24(18-16-23)26-22(3)25-19-14-20-33(27-30(4,5)6,28-31(7,8)9)29-32(10,11)12/h15-18,21-22H,13-14,19-20H2,1-12H3. The number of benzene rings is 1. The van der Waals surface area contributed by atoms with Crippen LogP contribution in [0.1, 0.15) is 45.1 Å². The van der Waals surface area contributed by atoms with E-state index in [1.807, 2.05) is 19.1 Å². The molecule has 33 heavy (non-hydrogen) atoms. The van der Waals surface area contributed by atoms with Crippen LogP contribution in [0.4, 0.5) is 0 Å². The molecule has 1 aromatic rings. The van der Waals surface area contributed by atoms with Crippen LogP contribution in [0, 0.1) is 0 Å². The van der Waals surface area contributed by atoms with Gasteiger partial charge in [-0.25, -0.2) is 0 Å². The Morgan fingerprint density at radius 2 is 1.18 bits per heavy atom. The minimum absolute atomic E-state index is 0.316. The van der Waals surface area contributed by atoms with Gasteiger partial charge in [0.05, 0.1) is 6.61 Å². The molecule has 0 fully saturated rings. The molecule has 2 atom stereocenters. The lowest BCUT2D eigenvalue weighted by molar-refractivity contribution is -0.0668. The summed E-state index contributed by atoms with van der Waals surface area (Å²) in [5, 5.41) is 0. The lowest BCUT2D eigenvalue weighted by Gasteiger charge is -2.43. The van der Waals surface area contributed by atoms with Crippen LogP contribution in [0.3, 0.4) is 0 Å². The second kappa shape index (κ2) is 12.6. The first-order valence-corrected chi connectivity index (χ1v) is 24.6. The van der Waals surface area contributed by atoms with Gasteiger partial charge in [0.2, 0.25) is 0 Å². The second-order valence-electron chi connectivity index (χ2n) is 11.9. The Labute approximate surface area is 208 Å². The summed E-state index contributed by atoms with van der Waals surface area (Å²) in [5.41, 5.74) is 1.34. The van der Waals surface area contributed by atoms with Crippen LogP contribution in [0.2, 0.25) is 65.0 Å². The molecule has 0 saturated heterocycles. The Morgan fingerprint density at radius 3 is 1.58 bits per heavy atom. The molecule has 0 aromatic heterocycles. The van der Waals surface area contributed by atoms with Crippen molar-refractivity contribution in [3.05, 3.63) is 29.8 Å². The lowest BCUT2D eigenvalue weighted by Crippen LogP contribution is -2.60. The van der Waals surface area contributed by atoms with Crippen molar-refractivity contribution in [3.63, 3.8) is 0 Å². The summed E-state index contributed by atoms with van der Waals surface area (Å²) in [4.78, 5) is 0. The highest BCUT2D eigenvalue weighted by Crippen LogP contribution is 2.30. The molecule has 0 aliphatic carbocycles. The van der Waals surface area contributed by atoms with E-state index in [1.54, 1.807) is 0 Å². The first kappa shape index (κ1) is 30.8. The van der Waals surface area contributed by atoms with Gasteiger partial charge in [0.1, 0.15) is 5.75 Å². The molecule has 0 aliphatic heterocycles. The zero-order valence-electron chi connectivity index (χ0n) is 23.3. The molecule has 0 amide bonds. The van der Waals surface area contributed by atoms with Crippen LogP contribution < -0.4 is 4.74 Å². The van der Waals surface area contributed by atoms with Crippen LogP contribution in [0.25, 0.3) is 0 Å². The van der Waals surface area contributed by atoms with Crippen molar-refractivity contribution in [1.29, 1.82) is 0 Å². The fourth-order valence-electron chi connectivity index (χ4n) is 3.49. The van der Waals surface area contributed by atoms with Gasteiger partial charge in [0, 0.05) is 6.04 Å². The maximum Gasteiger partial charge on any atom is 0.469 e. The zero-order chi connectivity index (χ0) is 25.5. The molecule has 0 spiro atoms. The van der Waals surface area contributed by atoms with Gasteiger partial charge >= 0.3 is 8.80 Å². The van der Waals surface area contributed by atoms with Crippen LogP contribution in [0.15, 0.2) is 24.3 Å². The molecule has 9 heteroatoms. The summed E-state index contributed by atoms with van der Waals surface area (Å²) in [5.74, 6) is 1.40. The molecule has 0 heterocycles. The highest BCUT2D eigenvalue weighted by atomic mass is 28.5. The molecule has 0 saturated carbocycles. The normalized spacial score (nSPS) is 15.4. The van der Waals surface area contributed by atoms with E-state index in [4.69, 9.17) is 21.8 Å². The van der Waals surface area contributed by atoms with E-state index in [9.17, 15) is 0 Å². The molecule has 1 aromatic carbocycles. The van der Waals surface area contributed by atoms with Crippen LogP contribution >= 0.6 is 0 Å². The van der Waals surface area contributed by atoms with Crippen LogP contribution in [-0.4, -0.2) is 46.7 Å². The Bertz CT molecular complexity index is 652. The maximum absolute atomic E-state index is 6.74. The smallest absolute Gasteiger partial charge is 0.465 e. The first-order chi connectivity index (χ1) is 14.9. The van der Waals surface area contributed by atoms with Gasteiger partial charge in [-0.15, -0.1) is 0 Å². The molecule has 192 valence electrons. The molecular weight excluding hydrogens is 481 g/mol. The van der Waals surface area contributed by atoms with E-state index in [0.29, 0.717) is 12.5 Å². The summed E-state index contributed by atoms with van der Waals surface area (Å²) in [7, 11) is -8.36. The predicted molar refractivity (Wildman–Crippen MR) is 150 cm³/mol. The van der Waals surface area contributed by atoms with Gasteiger partial charge in [-0.2, -0.15) is 0 Å². The Hall–Kier alpha value is -0.272. The molecule has 0 N–H and O–H groups in total. The van der Waals surface area contributed by atoms with Crippen LogP contribution in [0.5, 0.6) is 5.75 Å². The minimum atomic E-state index is -2.80. The van der Waals surface area contributed by atoms with Crippen molar-refractivity contribution in [3.8, 4) is 5.75 Å². The largest absolute Gasteiger partial charge is 0.469 e. The zero-order valence-corrected chi connectivity index (χ0v) is 27.3. The minimum Gasteiger partial charge on any atom is -0.465 e. The summed E-state index contributed by atoms with van der Waals surface area (Å²) < 4.78 is 32.2. The Kier molecular flexibility index (Phi) is 11.8. The SMILES string of the molecule is CCC(C)c1ccc(OC(C)OCCC[Si](O[Si](C)(C)C)(O[Si](C)(C)C)O[Si](C)(C)C)cc1. The third-order valence-electron chi connectivity index (χ3n) is 4.73. The van der Waals surface area contributed by atoms with Crippen LogP contribution in [-0.2, 0) is 17.1 Å². The summed E-state index contributed by atoms with van der Waals surface area (Å²) in [6.07, 6.45) is 1.64. The van der Waals surface area contributed by atoms with E-state index in [2.05, 4.69) is 84.9 Å². The predicted octanol–water partition coefficient (Wildman–Crippen LogP) is 7.83. The van der Waals surface area contributed by atoms with Gasteiger partial charge in [-0.3, -0.25) is 0 Å². The Morgan fingerprint density at radius 1 is 0.727 bits per heavy atom. The average molecular weight is 531 g/mol. The van der Waals surface area contributed by atoms with Gasteiger partial charge in [-0.05, 0) is 102 Å². The van der Waals surface area contributed by atoms with Crippen molar-refractivity contribution in [2.75, 3.05) is 6.61 Å². The third kappa shape index (κ3) is 13.4. The number of rotatable bonds is 15. The first-order valence-electron chi connectivity index (χ1n) is 12.4. The highest BCUT2D eigenvalue weighted by Gasteiger charge is 2.49. The maximum atomic E-state index is 6.74. The van der Waals surface area contributed by atoms with E-state index in [1.165, 1.54) is 5.56 Å². The fourth-order valence-corrected chi connectivity index (χ4v) is 18.1. The lowest BCUT2D eigenvalue weighted by atomic mass is 9.99. The van der Waals surface area contributed by atoms with E-state index in [0.717, 1.165) is 24.6 Å². The molecule has 5 nitrogen and oxygen atoms in total. The molecule has 1 rings (SSSR count). The number of hydrogen-bond acceptors (Lipinski definition) is 5. The highest BCUT2D eigenvalue weighted by molar-refractivity contribution is 6.90. The van der Waals surface area contributed by atoms with Gasteiger partial charge in [-0.1, -0.05) is 26.0 Å². The fraction of sp³-hybridized carbons (Fsp3) is 0.750. The average Bonchev–Trinajstić information content (AvgIpc) is 2.61. The Balaban J connectivity index is 2.74. The summed E-state index contributed by atoms with van der Waals surface area (Å²) >= 11 is 0. The van der Waals surface area contributed by atoms with Crippen molar-refractivity contribution in [2.24, 2.45) is 0 Å². The molecule has 0 radical (unpaired) electrons. The third-order valence-corrected chi connectivity index (χ3v) is 16.8. The van der Waals surface area contributed by atoms with Crippen molar-refractivity contribution in [2.45, 2.75) is 111 Å². The molecule has 2 unspecified atom stereocenters. The molecular formula is C24H50O5Si4. The van der Waals surface area contributed by atoms with E-state index in [-0.39, 0.29) is 6.29 Å². The van der Waals surface area contributed by atoms with Gasteiger partial charge < -0.3 is 21.8 Å². The topological polar surface area (TPSA) is 46.2 Å². The quantitative estimate of drug-likeness (QED) is 0.131. The summed E-state index contributed by atoms with van der Waals surface area (Å²) in [6, 6.07) is 9.13. The molecule has 0 aliphatic rings. The molecule has 0 bridgehead atoms. The van der Waals surface area contributed by atoms with Crippen molar-refractivity contribution >= 4 is 33.8 Å². The second-order valence-corrected chi connectivity index (χ2v) is 28.9. The van der Waals surface area contributed by atoms with Gasteiger partial charge in [0.15, 0.2) is 31.2 Å².